The molecule has 3 rings (SSSR count). The molecule has 0 aliphatic carbocycles. The number of nitrogens with one attached hydrogen (secondary N) is 1. The Morgan fingerprint density at radius 2 is 2.21 bits per heavy atom. The number of alkyl halides is 1. The molecule has 1 atom stereocenters. The summed E-state index contributed by atoms with van der Waals surface area (Å²) < 4.78 is 25.3. The van der Waals surface area contributed by atoms with Crippen molar-refractivity contribution in [3.8, 4) is 0 Å². The molecule has 0 saturated carbocycles. The van der Waals surface area contributed by atoms with Gasteiger partial charge in [0.1, 0.15) is 18.3 Å². The van der Waals surface area contributed by atoms with E-state index in [1.807, 2.05) is 6.92 Å². The van der Waals surface area contributed by atoms with Gasteiger partial charge in [0.05, 0.1) is 23.1 Å². The molecule has 0 radical (unpaired) electrons. The monoisotopic (exact) mass is 534 g/mol. The number of carbonyl (C=O) groups is 3. The van der Waals surface area contributed by atoms with E-state index < -0.39 is 39.4 Å². The number of rotatable bonds is 11. The van der Waals surface area contributed by atoms with Crippen molar-refractivity contribution in [3.05, 3.63) is 21.7 Å². The second-order valence-electron chi connectivity index (χ2n) is 7.31. The number of aromatic nitrogens is 1. The summed E-state index contributed by atoms with van der Waals surface area (Å²) in [6, 6.07) is -1.16. The van der Waals surface area contributed by atoms with Gasteiger partial charge in [-0.2, -0.15) is 0 Å². The Labute approximate surface area is 204 Å². The van der Waals surface area contributed by atoms with Crippen molar-refractivity contribution in [1.82, 2.24) is 20.3 Å². The Bertz CT molecular complexity index is 1150. The molecule has 16 heteroatoms. The van der Waals surface area contributed by atoms with Crippen molar-refractivity contribution in [1.29, 1.82) is 0 Å². The van der Waals surface area contributed by atoms with E-state index in [2.05, 4.69) is 15.5 Å². The van der Waals surface area contributed by atoms with E-state index >= 15 is 0 Å². The van der Waals surface area contributed by atoms with Gasteiger partial charge in [-0.3, -0.25) is 9.59 Å². The molecule has 0 spiro atoms. The van der Waals surface area contributed by atoms with E-state index in [-0.39, 0.29) is 52.8 Å². The maximum atomic E-state index is 13.0. The number of aliphatic carboxylic acids is 1. The molecule has 186 valence electrons. The quantitative estimate of drug-likeness (QED) is 0.148. The highest BCUT2D eigenvalue weighted by molar-refractivity contribution is 7.95. The zero-order valence-corrected chi connectivity index (χ0v) is 20.5. The SMILES string of the molecule is CCCCS(=O)(=O)C1=C(C(=O)O)N2C(=O)[C@@H](NC(=O)/C(=N\OCCCl)c3csc(N)n3)CN2C1. The topological polar surface area (TPSA) is 185 Å². The van der Waals surface area contributed by atoms with Gasteiger partial charge in [-0.25, -0.2) is 28.2 Å². The molecule has 0 bridgehead atoms. The molecule has 1 saturated heterocycles. The first-order chi connectivity index (χ1) is 16.1. The molecule has 0 aromatic carbocycles. The standard InChI is InChI=1S/C18H23ClN6O7S2/c1-2-3-6-34(30,31)12-8-24-7-10(16(27)25(24)14(12)17(28)29)21-15(26)13(23-32-5-4-19)11-9-33-18(20)22-11/h9-10H,2-8H2,1H3,(H2,20,22)(H,21,26)(H,28,29)/b23-13-/t10-/m0/s1. The maximum Gasteiger partial charge on any atom is 0.355 e. The average molecular weight is 535 g/mol. The number of carboxylic acids is 1. The number of carbonyl (C=O) groups excluding carboxylic acids is 2. The Morgan fingerprint density at radius 3 is 2.79 bits per heavy atom. The molecular weight excluding hydrogens is 512 g/mol. The summed E-state index contributed by atoms with van der Waals surface area (Å²) in [6.45, 7) is 1.41. The van der Waals surface area contributed by atoms with Crippen LogP contribution in [-0.4, -0.2) is 89.4 Å². The predicted octanol–water partition coefficient (Wildman–Crippen LogP) is -0.246. The highest BCUT2D eigenvalue weighted by atomic mass is 35.5. The van der Waals surface area contributed by atoms with Crippen LogP contribution in [0.1, 0.15) is 25.5 Å². The third-order valence-electron chi connectivity index (χ3n) is 4.94. The third-order valence-corrected chi connectivity index (χ3v) is 7.67. The molecule has 34 heavy (non-hydrogen) atoms. The fourth-order valence-electron chi connectivity index (χ4n) is 3.40. The Morgan fingerprint density at radius 1 is 1.47 bits per heavy atom. The Kier molecular flexibility index (Phi) is 8.12. The van der Waals surface area contributed by atoms with Gasteiger partial charge in [0.2, 0.25) is 0 Å². The summed E-state index contributed by atoms with van der Waals surface area (Å²) >= 11 is 6.63. The summed E-state index contributed by atoms with van der Waals surface area (Å²) in [5, 5.41) is 19.6. The van der Waals surface area contributed by atoms with Crippen molar-refractivity contribution in [2.75, 3.05) is 37.1 Å². The number of fused-ring (bicyclic) bond motifs is 1. The number of sulfone groups is 1. The number of amides is 2. The first-order valence-corrected chi connectivity index (χ1v) is 13.2. The van der Waals surface area contributed by atoms with Crippen molar-refractivity contribution < 1.29 is 32.7 Å². The van der Waals surface area contributed by atoms with E-state index in [1.54, 1.807) is 0 Å². The van der Waals surface area contributed by atoms with Crippen molar-refractivity contribution in [3.63, 3.8) is 0 Å². The molecule has 2 aliphatic rings. The molecule has 1 aromatic rings. The lowest BCUT2D eigenvalue weighted by atomic mass is 10.2. The second-order valence-corrected chi connectivity index (χ2v) is 10.7. The van der Waals surface area contributed by atoms with E-state index in [1.165, 1.54) is 10.4 Å². The van der Waals surface area contributed by atoms with Crippen LogP contribution in [0.3, 0.4) is 0 Å². The summed E-state index contributed by atoms with van der Waals surface area (Å²) in [5.74, 6) is -3.24. The number of nitrogen functional groups attached to an aromatic ring is 1. The van der Waals surface area contributed by atoms with Crippen molar-refractivity contribution in [2.45, 2.75) is 25.8 Å². The number of hydrazine groups is 1. The van der Waals surface area contributed by atoms with Crippen LogP contribution in [0.15, 0.2) is 21.1 Å². The zero-order chi connectivity index (χ0) is 25.0. The molecule has 0 unspecified atom stereocenters. The minimum Gasteiger partial charge on any atom is -0.476 e. The number of hydrogen-bond donors (Lipinski definition) is 3. The number of carboxylic acid groups (broad SMARTS) is 1. The lowest BCUT2D eigenvalue weighted by Gasteiger charge is -2.18. The number of thiazole rings is 1. The molecule has 4 N–H and O–H groups in total. The van der Waals surface area contributed by atoms with E-state index in [0.29, 0.717) is 12.8 Å². The lowest BCUT2D eigenvalue weighted by molar-refractivity contribution is -0.143. The zero-order valence-electron chi connectivity index (χ0n) is 18.1. The van der Waals surface area contributed by atoms with Crippen LogP contribution >= 0.6 is 22.9 Å². The van der Waals surface area contributed by atoms with Crippen LogP contribution in [0, 0.1) is 0 Å². The Balaban J connectivity index is 1.83. The van der Waals surface area contributed by atoms with Crippen LogP contribution in [0.25, 0.3) is 0 Å². The minimum atomic E-state index is -3.87. The van der Waals surface area contributed by atoms with Crippen LogP contribution in [0.2, 0.25) is 0 Å². The molecule has 1 fully saturated rings. The van der Waals surface area contributed by atoms with Gasteiger partial charge in [0.25, 0.3) is 11.8 Å². The number of nitrogens with two attached hydrogens (primary N) is 1. The number of halogens is 1. The fourth-order valence-corrected chi connectivity index (χ4v) is 5.74. The molecular formula is C18H23ClN6O7S2. The largest absolute Gasteiger partial charge is 0.476 e. The van der Waals surface area contributed by atoms with Crippen LogP contribution in [-0.2, 0) is 29.1 Å². The van der Waals surface area contributed by atoms with Crippen LogP contribution in [0.4, 0.5) is 5.13 Å². The van der Waals surface area contributed by atoms with Gasteiger partial charge in [-0.15, -0.1) is 22.9 Å². The highest BCUT2D eigenvalue weighted by Gasteiger charge is 2.50. The summed E-state index contributed by atoms with van der Waals surface area (Å²) in [7, 11) is -3.87. The van der Waals surface area contributed by atoms with Gasteiger partial charge >= 0.3 is 5.97 Å². The highest BCUT2D eigenvalue weighted by Crippen LogP contribution is 2.32. The predicted molar refractivity (Wildman–Crippen MR) is 123 cm³/mol. The van der Waals surface area contributed by atoms with E-state index in [9.17, 15) is 27.9 Å². The normalized spacial score (nSPS) is 19.0. The minimum absolute atomic E-state index is 0.0178. The number of hydrogen-bond acceptors (Lipinski definition) is 11. The van der Waals surface area contributed by atoms with Gasteiger partial charge in [0.15, 0.2) is 26.4 Å². The number of oxime groups is 1. The summed E-state index contributed by atoms with van der Waals surface area (Å²) in [4.78, 5) is 46.4. The third kappa shape index (κ3) is 5.32. The first kappa shape index (κ1) is 25.9. The van der Waals surface area contributed by atoms with Crippen molar-refractivity contribution >= 4 is 61.4 Å². The number of nitrogens with zero attached hydrogens (tertiary/aromatic N) is 4. The van der Waals surface area contributed by atoms with Crippen LogP contribution in [0.5, 0.6) is 0 Å². The van der Waals surface area contributed by atoms with Crippen molar-refractivity contribution in [2.24, 2.45) is 5.16 Å². The van der Waals surface area contributed by atoms with Gasteiger partial charge < -0.3 is 21.0 Å². The molecule has 1 aromatic heterocycles. The Hall–Kier alpha value is -2.75. The summed E-state index contributed by atoms with van der Waals surface area (Å²) in [6.07, 6.45) is 0.971. The lowest BCUT2D eigenvalue weighted by Crippen LogP contribution is -2.46. The molecule has 2 aliphatic heterocycles. The molecule has 3 heterocycles. The summed E-state index contributed by atoms with van der Waals surface area (Å²) in [5.41, 5.74) is 4.88. The van der Waals surface area contributed by atoms with Crippen LogP contribution < -0.4 is 11.1 Å². The fraction of sp³-hybridized carbons (Fsp3) is 0.500. The number of anilines is 1. The first-order valence-electron chi connectivity index (χ1n) is 10.2. The smallest absolute Gasteiger partial charge is 0.355 e. The van der Waals surface area contributed by atoms with Gasteiger partial charge in [-0.1, -0.05) is 18.5 Å². The van der Waals surface area contributed by atoms with Gasteiger partial charge in [-0.05, 0) is 6.42 Å². The van der Waals surface area contributed by atoms with E-state index in [0.717, 1.165) is 16.3 Å². The average Bonchev–Trinajstić information content (AvgIpc) is 3.45. The van der Waals surface area contributed by atoms with Gasteiger partial charge in [0, 0.05) is 11.9 Å². The van der Waals surface area contributed by atoms with E-state index in [4.69, 9.17) is 22.2 Å². The molecule has 2 amide bonds. The number of unbranched alkanes of at least 4 members (excludes halogenated alkanes) is 1. The second kappa shape index (κ2) is 10.7. The molecule has 13 nitrogen and oxygen atoms in total. The maximum absolute atomic E-state index is 13.0.